The number of methoxy groups -OCH3 is 1. The monoisotopic (exact) mass is 283 g/mol. The Balaban J connectivity index is 2.93. The molecule has 0 spiro atoms. The molecule has 1 rings (SSSR count). The summed E-state index contributed by atoms with van der Waals surface area (Å²) in [5.41, 5.74) is 1.27. The van der Waals surface area contributed by atoms with Crippen LogP contribution in [0.1, 0.15) is 29.8 Å². The Bertz CT molecular complexity index is 497. The van der Waals surface area contributed by atoms with Crippen molar-refractivity contribution in [2.75, 3.05) is 18.3 Å². The molecule has 1 amide bonds. The molecule has 0 atom stereocenters. The second kappa shape index (κ2) is 6.06. The number of hydrogen-bond acceptors (Lipinski definition) is 3. The Morgan fingerprint density at radius 1 is 1.37 bits per heavy atom. The Kier molecular flexibility index (Phi) is 4.95. The van der Waals surface area contributed by atoms with Gasteiger partial charge in [-0.1, -0.05) is 0 Å². The summed E-state index contributed by atoms with van der Waals surface area (Å²) in [5.74, 6) is -0.323. The van der Waals surface area contributed by atoms with Gasteiger partial charge in [-0.25, -0.2) is 4.79 Å². The first-order valence-corrected chi connectivity index (χ1v) is 6.41. The van der Waals surface area contributed by atoms with Gasteiger partial charge in [0.15, 0.2) is 0 Å². The number of carbonyl (C=O) groups excluding carboxylic acids is 2. The van der Waals surface area contributed by atoms with E-state index >= 15 is 0 Å². The van der Waals surface area contributed by atoms with Crippen LogP contribution in [0.15, 0.2) is 18.2 Å². The third-order valence-corrected chi connectivity index (χ3v) is 3.51. The van der Waals surface area contributed by atoms with Gasteiger partial charge in [-0.05, 0) is 44.5 Å². The average Bonchev–Trinajstić information content (AvgIpc) is 2.39. The quantitative estimate of drug-likeness (QED) is 0.683. The summed E-state index contributed by atoms with van der Waals surface area (Å²) < 4.78 is 4.64. The molecule has 104 valence electrons. The van der Waals surface area contributed by atoms with Crippen LogP contribution in [0.4, 0.5) is 5.69 Å². The molecule has 19 heavy (non-hydrogen) atoms. The molecule has 0 unspecified atom stereocenters. The zero-order valence-electron chi connectivity index (χ0n) is 11.5. The first-order chi connectivity index (χ1) is 8.81. The molecule has 0 radical (unpaired) electrons. The molecule has 0 saturated carbocycles. The van der Waals surface area contributed by atoms with Crippen molar-refractivity contribution in [1.29, 1.82) is 0 Å². The van der Waals surface area contributed by atoms with Crippen LogP contribution >= 0.6 is 11.6 Å². The highest BCUT2D eigenvalue weighted by Gasteiger charge is 2.26. The fraction of sp³-hybridized carbons (Fsp3) is 0.429. The van der Waals surface area contributed by atoms with Crippen molar-refractivity contribution in [2.45, 2.75) is 20.8 Å². The van der Waals surface area contributed by atoms with Crippen LogP contribution in [0.25, 0.3) is 0 Å². The van der Waals surface area contributed by atoms with Crippen molar-refractivity contribution in [3.8, 4) is 0 Å². The summed E-state index contributed by atoms with van der Waals surface area (Å²) >= 11 is 5.76. The highest BCUT2D eigenvalue weighted by atomic mass is 35.5. The number of carbonyl (C=O) groups is 2. The minimum atomic E-state index is -0.644. The first kappa shape index (κ1) is 15.5. The summed E-state index contributed by atoms with van der Waals surface area (Å²) in [6.07, 6.45) is 0. The minimum Gasteiger partial charge on any atom is -0.465 e. The molecule has 1 aromatic carbocycles. The number of aryl methyl sites for hydroxylation is 1. The second-order valence-corrected chi connectivity index (χ2v) is 5.26. The van der Waals surface area contributed by atoms with Crippen molar-refractivity contribution in [1.82, 2.24) is 0 Å². The predicted octanol–water partition coefficient (Wildman–Crippen LogP) is 2.99. The van der Waals surface area contributed by atoms with Gasteiger partial charge < -0.3 is 10.1 Å². The zero-order valence-corrected chi connectivity index (χ0v) is 12.3. The van der Waals surface area contributed by atoms with Gasteiger partial charge >= 0.3 is 5.97 Å². The fourth-order valence-electron chi connectivity index (χ4n) is 1.40. The maximum absolute atomic E-state index is 12.0. The van der Waals surface area contributed by atoms with Crippen molar-refractivity contribution in [2.24, 2.45) is 5.41 Å². The molecular formula is C14H18ClNO3. The molecule has 0 aliphatic heterocycles. The smallest absolute Gasteiger partial charge is 0.337 e. The van der Waals surface area contributed by atoms with Crippen LogP contribution < -0.4 is 5.32 Å². The Hall–Kier alpha value is -1.55. The molecule has 0 heterocycles. The first-order valence-electron chi connectivity index (χ1n) is 5.88. The molecule has 0 fully saturated rings. The number of benzene rings is 1. The van der Waals surface area contributed by atoms with E-state index in [0.29, 0.717) is 11.3 Å². The van der Waals surface area contributed by atoms with Crippen molar-refractivity contribution < 1.29 is 14.3 Å². The topological polar surface area (TPSA) is 55.4 Å². The Labute approximate surface area is 118 Å². The maximum Gasteiger partial charge on any atom is 0.337 e. The van der Waals surface area contributed by atoms with Crippen LogP contribution in [0.5, 0.6) is 0 Å². The van der Waals surface area contributed by atoms with E-state index < -0.39 is 11.4 Å². The van der Waals surface area contributed by atoms with Crippen molar-refractivity contribution in [3.63, 3.8) is 0 Å². The van der Waals surface area contributed by atoms with Crippen LogP contribution in [-0.4, -0.2) is 24.9 Å². The molecule has 0 aliphatic carbocycles. The van der Waals surface area contributed by atoms with E-state index in [1.807, 2.05) is 6.92 Å². The number of hydrogen-bond donors (Lipinski definition) is 1. The number of halogens is 1. The average molecular weight is 284 g/mol. The molecule has 5 heteroatoms. The number of amides is 1. The van der Waals surface area contributed by atoms with E-state index in [1.165, 1.54) is 7.11 Å². The van der Waals surface area contributed by atoms with Gasteiger partial charge in [-0.15, -0.1) is 11.6 Å². The third-order valence-electron chi connectivity index (χ3n) is 2.84. The SMILES string of the molecule is COC(=O)c1ccc(NC(=O)C(C)(C)CCl)c(C)c1. The molecule has 0 aliphatic rings. The summed E-state index contributed by atoms with van der Waals surface area (Å²) in [4.78, 5) is 23.4. The standard InChI is InChI=1S/C14H18ClNO3/c1-9-7-10(12(17)19-4)5-6-11(9)16-13(18)14(2,3)8-15/h5-7H,8H2,1-4H3,(H,16,18). The summed E-state index contributed by atoms with van der Waals surface area (Å²) in [7, 11) is 1.33. The summed E-state index contributed by atoms with van der Waals surface area (Å²) in [6, 6.07) is 4.97. The molecule has 0 saturated heterocycles. The molecule has 1 N–H and O–H groups in total. The number of nitrogens with one attached hydrogen (secondary N) is 1. The van der Waals surface area contributed by atoms with Crippen molar-refractivity contribution >= 4 is 29.2 Å². The third kappa shape index (κ3) is 3.70. The lowest BCUT2D eigenvalue weighted by molar-refractivity contribution is -0.122. The molecule has 4 nitrogen and oxygen atoms in total. The number of esters is 1. The molecular weight excluding hydrogens is 266 g/mol. The number of rotatable bonds is 4. The zero-order chi connectivity index (χ0) is 14.6. The minimum absolute atomic E-state index is 0.156. The Morgan fingerprint density at radius 2 is 2.00 bits per heavy atom. The normalized spacial score (nSPS) is 11.0. The van der Waals surface area contributed by atoms with Crippen molar-refractivity contribution in [3.05, 3.63) is 29.3 Å². The van der Waals surface area contributed by atoms with Crippen LogP contribution in [-0.2, 0) is 9.53 Å². The van der Waals surface area contributed by atoms with Gasteiger partial charge in [0, 0.05) is 11.6 Å². The van der Waals surface area contributed by atoms with Crippen LogP contribution in [0, 0.1) is 12.3 Å². The fourth-order valence-corrected chi connectivity index (χ4v) is 1.52. The van der Waals surface area contributed by atoms with E-state index in [1.54, 1.807) is 32.0 Å². The highest BCUT2D eigenvalue weighted by Crippen LogP contribution is 2.23. The highest BCUT2D eigenvalue weighted by molar-refractivity contribution is 6.20. The van der Waals surface area contributed by atoms with E-state index in [0.717, 1.165) is 5.56 Å². The van der Waals surface area contributed by atoms with E-state index in [9.17, 15) is 9.59 Å². The van der Waals surface area contributed by atoms with E-state index in [-0.39, 0.29) is 11.8 Å². The largest absolute Gasteiger partial charge is 0.465 e. The van der Waals surface area contributed by atoms with Gasteiger partial charge in [0.25, 0.3) is 0 Å². The van der Waals surface area contributed by atoms with Gasteiger partial charge in [-0.3, -0.25) is 4.79 Å². The lowest BCUT2D eigenvalue weighted by Gasteiger charge is -2.21. The van der Waals surface area contributed by atoms with Gasteiger partial charge in [0.1, 0.15) is 0 Å². The van der Waals surface area contributed by atoms with Gasteiger partial charge in [0.2, 0.25) is 5.91 Å². The summed E-state index contributed by atoms with van der Waals surface area (Å²) in [6.45, 7) is 5.36. The lowest BCUT2D eigenvalue weighted by atomic mass is 9.95. The van der Waals surface area contributed by atoms with Crippen LogP contribution in [0.2, 0.25) is 0 Å². The predicted molar refractivity (Wildman–Crippen MR) is 75.6 cm³/mol. The number of ether oxygens (including phenoxy) is 1. The van der Waals surface area contributed by atoms with E-state index in [4.69, 9.17) is 11.6 Å². The number of alkyl halides is 1. The lowest BCUT2D eigenvalue weighted by Crippen LogP contribution is -2.32. The second-order valence-electron chi connectivity index (χ2n) is 4.99. The molecule has 0 aromatic heterocycles. The van der Waals surface area contributed by atoms with Crippen LogP contribution in [0.3, 0.4) is 0 Å². The summed E-state index contributed by atoms with van der Waals surface area (Å²) in [5, 5.41) is 2.81. The van der Waals surface area contributed by atoms with Gasteiger partial charge in [0.05, 0.1) is 18.1 Å². The Morgan fingerprint density at radius 3 is 2.47 bits per heavy atom. The number of anilines is 1. The molecule has 1 aromatic rings. The van der Waals surface area contributed by atoms with Gasteiger partial charge in [-0.2, -0.15) is 0 Å². The maximum atomic E-state index is 12.0. The van der Waals surface area contributed by atoms with E-state index in [2.05, 4.69) is 10.1 Å². The molecule has 0 bridgehead atoms.